The molecule has 3 aromatic rings. The number of carbonyl (C=O) groups excluding carboxylic acids is 1. The van der Waals surface area contributed by atoms with Crippen LogP contribution in [0.25, 0.3) is 11.4 Å². The maximum Gasteiger partial charge on any atom is 0.227 e. The lowest BCUT2D eigenvalue weighted by atomic mass is 9.94. The molecule has 0 spiro atoms. The fraction of sp³-hybridized carbons (Fsp3) is 0.375. The number of nitrogens with zero attached hydrogens (tertiary/aromatic N) is 3. The van der Waals surface area contributed by atoms with Crippen LogP contribution in [0.3, 0.4) is 0 Å². The predicted octanol–water partition coefficient (Wildman–Crippen LogP) is 4.13. The molecule has 1 unspecified atom stereocenters. The second kappa shape index (κ2) is 9.03. The zero-order chi connectivity index (χ0) is 20.1. The van der Waals surface area contributed by atoms with E-state index in [2.05, 4.69) is 21.9 Å². The van der Waals surface area contributed by atoms with Gasteiger partial charge in [-0.3, -0.25) is 14.5 Å². The van der Waals surface area contributed by atoms with Crippen LogP contribution in [0.2, 0.25) is 0 Å². The summed E-state index contributed by atoms with van der Waals surface area (Å²) in [6, 6.07) is 16.0. The van der Waals surface area contributed by atoms with E-state index < -0.39 is 0 Å². The van der Waals surface area contributed by atoms with Crippen molar-refractivity contribution in [3.8, 4) is 11.4 Å². The van der Waals surface area contributed by atoms with Crippen LogP contribution < -0.4 is 5.32 Å². The summed E-state index contributed by atoms with van der Waals surface area (Å²) in [7, 11) is 0. The molecule has 5 heteroatoms. The average molecular weight is 389 g/mol. The van der Waals surface area contributed by atoms with E-state index in [0.717, 1.165) is 36.2 Å². The lowest BCUT2D eigenvalue weighted by Gasteiger charge is -2.17. The van der Waals surface area contributed by atoms with Gasteiger partial charge in [0.15, 0.2) is 0 Å². The van der Waals surface area contributed by atoms with Gasteiger partial charge in [0.1, 0.15) is 5.69 Å². The Morgan fingerprint density at radius 3 is 2.66 bits per heavy atom. The van der Waals surface area contributed by atoms with Crippen molar-refractivity contribution in [2.45, 2.75) is 51.5 Å². The summed E-state index contributed by atoms with van der Waals surface area (Å²) in [6.07, 6.45) is 7.10. The molecular weight excluding hydrogens is 360 g/mol. The molecule has 1 amide bonds. The van der Waals surface area contributed by atoms with Gasteiger partial charge in [-0.05, 0) is 49.8 Å². The standard InChI is InChI=1S/C24H28N4O/c1-2-19(18-10-4-3-5-11-18)24(29)26-16-17-28-22-14-7-6-12-20(22)23(27-28)21-13-8-9-15-25-21/h3-5,8-11,13,15,19H,2,6-7,12,14,16-17H2,1H3,(H,26,29). The van der Waals surface area contributed by atoms with Gasteiger partial charge in [-0.2, -0.15) is 5.10 Å². The molecule has 0 saturated carbocycles. The number of rotatable bonds is 7. The van der Waals surface area contributed by atoms with Gasteiger partial charge < -0.3 is 5.32 Å². The maximum atomic E-state index is 12.7. The Morgan fingerprint density at radius 1 is 1.10 bits per heavy atom. The molecule has 0 fully saturated rings. The van der Waals surface area contributed by atoms with Gasteiger partial charge in [0.05, 0.1) is 18.2 Å². The highest BCUT2D eigenvalue weighted by Crippen LogP contribution is 2.30. The van der Waals surface area contributed by atoms with Crippen LogP contribution >= 0.6 is 0 Å². The van der Waals surface area contributed by atoms with Crippen LogP contribution in [-0.2, 0) is 24.2 Å². The minimum absolute atomic E-state index is 0.0877. The number of pyridine rings is 1. The molecule has 1 aliphatic rings. The molecule has 150 valence electrons. The number of hydrogen-bond acceptors (Lipinski definition) is 3. The topological polar surface area (TPSA) is 59.8 Å². The van der Waals surface area contributed by atoms with E-state index >= 15 is 0 Å². The summed E-state index contributed by atoms with van der Waals surface area (Å²) in [4.78, 5) is 17.2. The first-order valence-electron chi connectivity index (χ1n) is 10.6. The van der Waals surface area contributed by atoms with Crippen molar-refractivity contribution in [2.75, 3.05) is 6.54 Å². The van der Waals surface area contributed by atoms with E-state index in [0.29, 0.717) is 13.1 Å². The van der Waals surface area contributed by atoms with Crippen molar-refractivity contribution in [1.29, 1.82) is 0 Å². The number of carbonyl (C=O) groups is 1. The van der Waals surface area contributed by atoms with Crippen molar-refractivity contribution in [2.24, 2.45) is 0 Å². The van der Waals surface area contributed by atoms with Crippen LogP contribution in [0.5, 0.6) is 0 Å². The SMILES string of the molecule is CCC(C(=O)NCCn1nc(-c2ccccn2)c2c1CCCC2)c1ccccc1. The van der Waals surface area contributed by atoms with E-state index in [1.165, 1.54) is 24.1 Å². The highest BCUT2D eigenvalue weighted by atomic mass is 16.1. The third-order valence-corrected chi connectivity index (χ3v) is 5.71. The Bertz CT molecular complexity index is 950. The van der Waals surface area contributed by atoms with Crippen LogP contribution in [0, 0.1) is 0 Å². The molecular formula is C24H28N4O. The number of amides is 1. The summed E-state index contributed by atoms with van der Waals surface area (Å²) >= 11 is 0. The smallest absolute Gasteiger partial charge is 0.227 e. The molecule has 4 rings (SSSR count). The van der Waals surface area contributed by atoms with Gasteiger partial charge >= 0.3 is 0 Å². The minimum Gasteiger partial charge on any atom is -0.354 e. The van der Waals surface area contributed by atoms with Crippen molar-refractivity contribution in [3.05, 3.63) is 71.5 Å². The Kier molecular flexibility index (Phi) is 6.03. The first-order chi connectivity index (χ1) is 14.3. The van der Waals surface area contributed by atoms with Gasteiger partial charge in [0.25, 0.3) is 0 Å². The molecule has 1 aliphatic carbocycles. The van der Waals surface area contributed by atoms with E-state index in [4.69, 9.17) is 5.10 Å². The van der Waals surface area contributed by atoms with Gasteiger partial charge in [-0.25, -0.2) is 0 Å². The second-order valence-corrected chi connectivity index (χ2v) is 7.58. The maximum absolute atomic E-state index is 12.7. The van der Waals surface area contributed by atoms with Crippen molar-refractivity contribution in [3.63, 3.8) is 0 Å². The Labute approximate surface area is 172 Å². The molecule has 5 nitrogen and oxygen atoms in total. The van der Waals surface area contributed by atoms with Crippen molar-refractivity contribution < 1.29 is 4.79 Å². The van der Waals surface area contributed by atoms with Gasteiger partial charge in [-0.1, -0.05) is 43.3 Å². The number of aromatic nitrogens is 3. The lowest BCUT2D eigenvalue weighted by Crippen LogP contribution is -2.32. The molecule has 1 aromatic carbocycles. The summed E-state index contributed by atoms with van der Waals surface area (Å²) in [5, 5.41) is 8.01. The lowest BCUT2D eigenvalue weighted by molar-refractivity contribution is -0.122. The molecule has 1 atom stereocenters. The fourth-order valence-electron chi connectivity index (χ4n) is 4.23. The summed E-state index contributed by atoms with van der Waals surface area (Å²) < 4.78 is 2.09. The fourth-order valence-corrected chi connectivity index (χ4v) is 4.23. The van der Waals surface area contributed by atoms with E-state index in [9.17, 15) is 4.79 Å². The van der Waals surface area contributed by atoms with Gasteiger partial charge in [-0.15, -0.1) is 0 Å². The first kappa shape index (κ1) is 19.4. The van der Waals surface area contributed by atoms with Crippen LogP contribution in [0.4, 0.5) is 0 Å². The molecule has 0 radical (unpaired) electrons. The zero-order valence-corrected chi connectivity index (χ0v) is 17.0. The number of benzene rings is 1. The highest BCUT2D eigenvalue weighted by molar-refractivity contribution is 5.83. The Balaban J connectivity index is 1.46. The van der Waals surface area contributed by atoms with Crippen molar-refractivity contribution in [1.82, 2.24) is 20.1 Å². The van der Waals surface area contributed by atoms with Crippen LogP contribution in [0.1, 0.15) is 48.9 Å². The third-order valence-electron chi connectivity index (χ3n) is 5.71. The normalized spacial score (nSPS) is 14.2. The van der Waals surface area contributed by atoms with Gasteiger partial charge in [0, 0.05) is 24.0 Å². The summed E-state index contributed by atoms with van der Waals surface area (Å²) in [5.74, 6) is -0.0171. The van der Waals surface area contributed by atoms with Gasteiger partial charge in [0.2, 0.25) is 5.91 Å². The molecule has 0 aliphatic heterocycles. The number of hydrogen-bond donors (Lipinski definition) is 1. The van der Waals surface area contributed by atoms with E-state index in [-0.39, 0.29) is 11.8 Å². The third kappa shape index (κ3) is 4.24. The molecule has 0 saturated heterocycles. The Morgan fingerprint density at radius 2 is 1.90 bits per heavy atom. The molecule has 0 bridgehead atoms. The number of nitrogens with one attached hydrogen (secondary N) is 1. The van der Waals surface area contributed by atoms with Crippen LogP contribution in [0.15, 0.2) is 54.7 Å². The van der Waals surface area contributed by atoms with E-state index in [1.807, 2.05) is 54.7 Å². The summed E-state index contributed by atoms with van der Waals surface area (Å²) in [6.45, 7) is 3.32. The molecule has 2 aromatic heterocycles. The number of fused-ring (bicyclic) bond motifs is 1. The predicted molar refractivity (Wildman–Crippen MR) is 115 cm³/mol. The van der Waals surface area contributed by atoms with Crippen LogP contribution in [-0.4, -0.2) is 27.2 Å². The Hall–Kier alpha value is -2.95. The van der Waals surface area contributed by atoms with E-state index in [1.54, 1.807) is 0 Å². The minimum atomic E-state index is -0.105. The molecule has 2 heterocycles. The molecule has 29 heavy (non-hydrogen) atoms. The summed E-state index contributed by atoms with van der Waals surface area (Å²) in [5.41, 5.74) is 5.64. The highest BCUT2D eigenvalue weighted by Gasteiger charge is 2.23. The second-order valence-electron chi connectivity index (χ2n) is 7.58. The largest absolute Gasteiger partial charge is 0.354 e. The molecule has 1 N–H and O–H groups in total. The monoisotopic (exact) mass is 388 g/mol. The quantitative estimate of drug-likeness (QED) is 0.662. The average Bonchev–Trinajstić information content (AvgIpc) is 3.14. The zero-order valence-electron chi connectivity index (χ0n) is 17.0. The first-order valence-corrected chi connectivity index (χ1v) is 10.6. The van der Waals surface area contributed by atoms with Crippen molar-refractivity contribution >= 4 is 5.91 Å².